The maximum Gasteiger partial charge on any atom is 0.217 e. The van der Waals surface area contributed by atoms with Crippen molar-refractivity contribution in [3.8, 4) is 28.4 Å². The first kappa shape index (κ1) is 27.5. The van der Waals surface area contributed by atoms with E-state index >= 15 is 0 Å². The third-order valence-corrected chi connectivity index (χ3v) is 7.61. The fourth-order valence-electron chi connectivity index (χ4n) is 6.54. The van der Waals surface area contributed by atoms with Crippen LogP contribution in [0.2, 0.25) is 0 Å². The summed E-state index contributed by atoms with van der Waals surface area (Å²) in [5, 5.41) is 3.05. The molecule has 1 heterocycles. The number of benzene rings is 1. The fraction of sp³-hybridized carbons (Fsp3) is 0.500. The summed E-state index contributed by atoms with van der Waals surface area (Å²) < 4.78 is 17.2. The molecule has 204 valence electrons. The van der Waals surface area contributed by atoms with E-state index in [9.17, 15) is 14.4 Å². The number of hydrogen-bond donors (Lipinski definition) is 1. The molecule has 8 heteroatoms. The van der Waals surface area contributed by atoms with Crippen molar-refractivity contribution in [1.29, 1.82) is 0 Å². The van der Waals surface area contributed by atoms with Crippen LogP contribution < -0.4 is 29.9 Å². The molecule has 0 aromatic heterocycles. The molecular weight excluding hydrogens is 484 g/mol. The summed E-state index contributed by atoms with van der Waals surface area (Å²) in [5.41, 5.74) is 2.52. The number of carbonyl (C=O) groups is 2. The number of Topliss-reactive ketones (excluding diaryl/α,β-unsaturated/α-hetero) is 1. The zero-order valence-electron chi connectivity index (χ0n) is 23.6. The normalized spacial score (nSPS) is 19.5. The molecule has 1 aliphatic carbocycles. The van der Waals surface area contributed by atoms with Crippen LogP contribution in [0.3, 0.4) is 0 Å². The van der Waals surface area contributed by atoms with Gasteiger partial charge in [-0.05, 0) is 75.4 Å². The molecular formula is C30H38N2O6. The monoisotopic (exact) mass is 522 g/mol. The number of rotatable bonds is 5. The summed E-state index contributed by atoms with van der Waals surface area (Å²) in [4.78, 5) is 40.8. The smallest absolute Gasteiger partial charge is 0.217 e. The fourth-order valence-corrected chi connectivity index (χ4v) is 6.54. The number of fused-ring (bicyclic) bond motifs is 3. The van der Waals surface area contributed by atoms with Crippen molar-refractivity contribution < 1.29 is 23.8 Å². The van der Waals surface area contributed by atoms with Crippen LogP contribution in [0, 0.1) is 0 Å². The van der Waals surface area contributed by atoms with Crippen molar-refractivity contribution in [3.05, 3.63) is 45.6 Å². The quantitative estimate of drug-likeness (QED) is 0.614. The zero-order chi connectivity index (χ0) is 28.0. The predicted octanol–water partition coefficient (Wildman–Crippen LogP) is 4.59. The van der Waals surface area contributed by atoms with E-state index in [4.69, 9.17) is 14.2 Å². The van der Waals surface area contributed by atoms with Gasteiger partial charge in [0.15, 0.2) is 11.5 Å². The second-order valence-electron chi connectivity index (χ2n) is 11.4. The van der Waals surface area contributed by atoms with Crippen LogP contribution in [-0.2, 0) is 16.0 Å². The molecule has 0 bridgehead atoms. The molecule has 1 atom stereocenters. The standard InChI is InChI=1S/C30H38N2O6/c1-17(33)31-22-11-9-18-13-25(36-6)27(37-7)28(38-8)26(18)20-10-12-23(24(35)14-21(20)22)32-29(2,3)15-19(34)16-30(32,4)5/h10,12-14,22H,9,11,15-16H2,1-8H3,(H,31,33). The lowest BCUT2D eigenvalue weighted by atomic mass is 9.78. The van der Waals surface area contributed by atoms with E-state index < -0.39 is 11.1 Å². The Kier molecular flexibility index (Phi) is 7.21. The van der Waals surface area contributed by atoms with Crippen molar-refractivity contribution in [2.24, 2.45) is 0 Å². The molecule has 0 saturated carbocycles. The van der Waals surface area contributed by atoms with Gasteiger partial charge in [0, 0.05) is 36.4 Å². The number of amides is 1. The zero-order valence-corrected chi connectivity index (χ0v) is 23.6. The Morgan fingerprint density at radius 3 is 2.13 bits per heavy atom. The molecule has 1 fully saturated rings. The number of anilines is 1. The van der Waals surface area contributed by atoms with Crippen LogP contribution in [0.25, 0.3) is 11.1 Å². The van der Waals surface area contributed by atoms with Crippen LogP contribution in [0.15, 0.2) is 29.1 Å². The lowest BCUT2D eigenvalue weighted by Gasteiger charge is -2.53. The molecule has 1 amide bonds. The van der Waals surface area contributed by atoms with Crippen LogP contribution in [0.4, 0.5) is 5.69 Å². The molecule has 2 aliphatic rings. The Hall–Kier alpha value is -3.55. The van der Waals surface area contributed by atoms with Crippen LogP contribution >= 0.6 is 0 Å². The first-order valence-corrected chi connectivity index (χ1v) is 12.9. The molecule has 2 aromatic rings. The lowest BCUT2D eigenvalue weighted by molar-refractivity contribution is -0.123. The molecule has 2 aromatic carbocycles. The van der Waals surface area contributed by atoms with Gasteiger partial charge in [0.2, 0.25) is 17.1 Å². The maximum absolute atomic E-state index is 14.0. The minimum absolute atomic E-state index is 0.167. The highest BCUT2D eigenvalue weighted by molar-refractivity contribution is 5.86. The number of hydrogen-bond acceptors (Lipinski definition) is 7. The molecule has 1 aliphatic heterocycles. The molecule has 4 rings (SSSR count). The second kappa shape index (κ2) is 9.97. The first-order valence-electron chi connectivity index (χ1n) is 12.9. The van der Waals surface area contributed by atoms with Crippen molar-refractivity contribution in [2.45, 2.75) is 77.4 Å². The van der Waals surface area contributed by atoms with Gasteiger partial charge in [-0.25, -0.2) is 0 Å². The number of ether oxygens (including phenoxy) is 3. The summed E-state index contributed by atoms with van der Waals surface area (Å²) in [7, 11) is 4.72. The molecule has 8 nitrogen and oxygen atoms in total. The van der Waals surface area contributed by atoms with E-state index in [2.05, 4.69) is 10.2 Å². The van der Waals surface area contributed by atoms with E-state index in [1.165, 1.54) is 6.92 Å². The summed E-state index contributed by atoms with van der Waals surface area (Å²) in [6, 6.07) is 6.97. The van der Waals surface area contributed by atoms with Gasteiger partial charge < -0.3 is 24.4 Å². The Labute approximate surface area is 224 Å². The molecule has 0 radical (unpaired) electrons. The Morgan fingerprint density at radius 1 is 0.947 bits per heavy atom. The number of piperidine rings is 1. The van der Waals surface area contributed by atoms with Crippen LogP contribution in [0.1, 0.15) is 71.0 Å². The van der Waals surface area contributed by atoms with Gasteiger partial charge in [0.25, 0.3) is 0 Å². The van der Waals surface area contributed by atoms with Crippen LogP contribution in [-0.4, -0.2) is 44.1 Å². The van der Waals surface area contributed by atoms with Crippen molar-refractivity contribution in [3.63, 3.8) is 0 Å². The van der Waals surface area contributed by atoms with Gasteiger partial charge in [-0.2, -0.15) is 0 Å². The van der Waals surface area contributed by atoms with E-state index in [1.807, 2.05) is 45.9 Å². The molecule has 1 N–H and O–H groups in total. The van der Waals surface area contributed by atoms with Gasteiger partial charge in [-0.1, -0.05) is 6.07 Å². The van der Waals surface area contributed by atoms with Gasteiger partial charge in [-0.3, -0.25) is 14.4 Å². The number of methoxy groups -OCH3 is 3. The van der Waals surface area contributed by atoms with E-state index in [0.717, 1.165) is 16.7 Å². The highest BCUT2D eigenvalue weighted by Gasteiger charge is 2.45. The highest BCUT2D eigenvalue weighted by atomic mass is 16.5. The number of carbonyl (C=O) groups excluding carboxylic acids is 2. The van der Waals surface area contributed by atoms with E-state index in [-0.39, 0.29) is 23.2 Å². The average molecular weight is 523 g/mol. The predicted molar refractivity (Wildman–Crippen MR) is 148 cm³/mol. The summed E-state index contributed by atoms with van der Waals surface area (Å²) in [6.45, 7) is 9.47. The molecule has 38 heavy (non-hydrogen) atoms. The molecule has 1 unspecified atom stereocenters. The topological polar surface area (TPSA) is 94.2 Å². The Bertz CT molecular complexity index is 1330. The maximum atomic E-state index is 14.0. The van der Waals surface area contributed by atoms with Gasteiger partial charge in [0.1, 0.15) is 5.78 Å². The van der Waals surface area contributed by atoms with E-state index in [1.54, 1.807) is 27.4 Å². The van der Waals surface area contributed by atoms with Crippen molar-refractivity contribution in [2.75, 3.05) is 26.2 Å². The number of ketones is 1. The largest absolute Gasteiger partial charge is 0.493 e. The van der Waals surface area contributed by atoms with Gasteiger partial charge >= 0.3 is 0 Å². The molecule has 1 saturated heterocycles. The average Bonchev–Trinajstić information content (AvgIpc) is 3.05. The third-order valence-electron chi connectivity index (χ3n) is 7.61. The Balaban J connectivity index is 2.06. The van der Waals surface area contributed by atoms with E-state index in [0.29, 0.717) is 54.2 Å². The lowest BCUT2D eigenvalue weighted by Crippen LogP contribution is -2.62. The summed E-state index contributed by atoms with van der Waals surface area (Å²) >= 11 is 0. The SMILES string of the molecule is COc1cc2c(c(OC)c1OC)-c1ccc(N3C(C)(C)CC(=O)CC3(C)C)c(=O)cc1C(NC(C)=O)CC2. The molecule has 0 spiro atoms. The van der Waals surface area contributed by atoms with Crippen molar-refractivity contribution >= 4 is 17.4 Å². The highest BCUT2D eigenvalue weighted by Crippen LogP contribution is 2.50. The summed E-state index contributed by atoms with van der Waals surface area (Å²) in [6.07, 6.45) is 1.93. The summed E-state index contributed by atoms with van der Waals surface area (Å²) in [5.74, 6) is 1.53. The first-order chi connectivity index (χ1) is 17.8. The third kappa shape index (κ3) is 4.72. The number of aryl methyl sites for hydroxylation is 1. The second-order valence-corrected chi connectivity index (χ2v) is 11.4. The minimum atomic E-state index is -0.549. The Morgan fingerprint density at radius 2 is 1.58 bits per heavy atom. The number of nitrogens with one attached hydrogen (secondary N) is 1. The number of nitrogens with zero attached hydrogens (tertiary/aromatic N) is 1. The minimum Gasteiger partial charge on any atom is -0.493 e. The van der Waals surface area contributed by atoms with Gasteiger partial charge in [-0.15, -0.1) is 0 Å². The van der Waals surface area contributed by atoms with Crippen LogP contribution in [0.5, 0.6) is 17.2 Å². The van der Waals surface area contributed by atoms with Gasteiger partial charge in [0.05, 0.1) is 33.1 Å². The van der Waals surface area contributed by atoms with Crippen molar-refractivity contribution in [1.82, 2.24) is 5.32 Å².